The second kappa shape index (κ2) is 5.79. The molecule has 0 saturated carbocycles. The summed E-state index contributed by atoms with van der Waals surface area (Å²) in [6.07, 6.45) is 1.50. The van der Waals surface area contributed by atoms with Crippen molar-refractivity contribution in [1.82, 2.24) is 4.98 Å². The minimum atomic E-state index is -3.77. The minimum absolute atomic E-state index is 0.0199. The van der Waals surface area contributed by atoms with Crippen molar-refractivity contribution in [3.8, 4) is 11.5 Å². The van der Waals surface area contributed by atoms with Crippen molar-refractivity contribution < 1.29 is 17.9 Å². The Morgan fingerprint density at radius 1 is 1.10 bits per heavy atom. The van der Waals surface area contributed by atoms with Crippen LogP contribution in [0.1, 0.15) is 0 Å². The zero-order chi connectivity index (χ0) is 14.6. The molecule has 0 aliphatic carbocycles. The number of pyridine rings is 1. The molecule has 106 valence electrons. The molecule has 20 heavy (non-hydrogen) atoms. The predicted octanol–water partition coefficient (Wildman–Crippen LogP) is 1.90. The number of rotatable bonds is 5. The Bertz CT molecular complexity index is 687. The highest BCUT2D eigenvalue weighted by Crippen LogP contribution is 2.29. The molecule has 2 rings (SSSR count). The molecule has 1 N–H and O–H groups in total. The molecule has 0 aliphatic rings. The van der Waals surface area contributed by atoms with Gasteiger partial charge in [0, 0.05) is 12.3 Å². The van der Waals surface area contributed by atoms with Crippen LogP contribution in [0.25, 0.3) is 0 Å². The molecular weight excluding hydrogens is 280 g/mol. The highest BCUT2D eigenvalue weighted by Gasteiger charge is 2.20. The van der Waals surface area contributed by atoms with Crippen LogP contribution < -0.4 is 14.2 Å². The van der Waals surface area contributed by atoms with Gasteiger partial charge in [0.1, 0.15) is 22.2 Å². The maximum absolute atomic E-state index is 12.3. The highest BCUT2D eigenvalue weighted by molar-refractivity contribution is 7.92. The Labute approximate surface area is 117 Å². The highest BCUT2D eigenvalue weighted by atomic mass is 32.2. The molecule has 0 spiro atoms. The molecule has 0 unspecified atom stereocenters. The van der Waals surface area contributed by atoms with Crippen molar-refractivity contribution in [3.05, 3.63) is 42.6 Å². The first-order chi connectivity index (χ1) is 9.56. The zero-order valence-electron chi connectivity index (χ0n) is 11.0. The van der Waals surface area contributed by atoms with E-state index in [4.69, 9.17) is 9.47 Å². The molecule has 0 fully saturated rings. The maximum Gasteiger partial charge on any atom is 0.266 e. The standard InChI is InChI=1S/C13H14N2O4S/c1-18-10-6-7-12(11(9-10)19-2)20(16,17)15-13-5-3-4-8-14-13/h3-9H,1-2H3,(H,14,15). The predicted molar refractivity (Wildman–Crippen MR) is 74.6 cm³/mol. The van der Waals surface area contributed by atoms with E-state index in [9.17, 15) is 8.42 Å². The van der Waals surface area contributed by atoms with Crippen molar-refractivity contribution in [3.63, 3.8) is 0 Å². The van der Waals surface area contributed by atoms with Gasteiger partial charge in [-0.05, 0) is 24.3 Å². The number of nitrogens with one attached hydrogen (secondary N) is 1. The van der Waals surface area contributed by atoms with E-state index >= 15 is 0 Å². The second-order valence-corrected chi connectivity index (χ2v) is 5.49. The number of hydrogen-bond donors (Lipinski definition) is 1. The average Bonchev–Trinajstić information content (AvgIpc) is 2.47. The second-order valence-electron chi connectivity index (χ2n) is 3.84. The number of anilines is 1. The fraction of sp³-hybridized carbons (Fsp3) is 0.154. The summed E-state index contributed by atoms with van der Waals surface area (Å²) in [7, 11) is -0.882. The number of nitrogens with zero attached hydrogens (tertiary/aromatic N) is 1. The van der Waals surface area contributed by atoms with E-state index in [2.05, 4.69) is 9.71 Å². The van der Waals surface area contributed by atoms with Gasteiger partial charge in [-0.1, -0.05) is 6.07 Å². The average molecular weight is 294 g/mol. The summed E-state index contributed by atoms with van der Waals surface area (Å²) in [5.41, 5.74) is 0. The van der Waals surface area contributed by atoms with Gasteiger partial charge in [-0.2, -0.15) is 0 Å². The molecule has 0 bridgehead atoms. The summed E-state index contributed by atoms with van der Waals surface area (Å²) >= 11 is 0. The molecule has 2 aromatic rings. The molecule has 0 aliphatic heterocycles. The van der Waals surface area contributed by atoms with Crippen LogP contribution in [0.3, 0.4) is 0 Å². The third-order valence-electron chi connectivity index (χ3n) is 2.56. The molecule has 7 heteroatoms. The Morgan fingerprint density at radius 2 is 1.90 bits per heavy atom. The van der Waals surface area contributed by atoms with Gasteiger partial charge < -0.3 is 9.47 Å². The summed E-state index contributed by atoms with van der Waals surface area (Å²) in [6.45, 7) is 0. The normalized spacial score (nSPS) is 10.9. The first-order valence-electron chi connectivity index (χ1n) is 5.72. The van der Waals surface area contributed by atoms with E-state index in [1.54, 1.807) is 24.3 Å². The Morgan fingerprint density at radius 3 is 2.50 bits per heavy atom. The van der Waals surface area contributed by atoms with Crippen LogP contribution in [0, 0.1) is 0 Å². The van der Waals surface area contributed by atoms with E-state index in [1.807, 2.05) is 0 Å². The number of aromatic nitrogens is 1. The minimum Gasteiger partial charge on any atom is -0.497 e. The summed E-state index contributed by atoms with van der Waals surface area (Å²) in [6, 6.07) is 9.43. The first-order valence-corrected chi connectivity index (χ1v) is 7.21. The number of hydrogen-bond acceptors (Lipinski definition) is 5. The fourth-order valence-electron chi connectivity index (χ4n) is 1.61. The van der Waals surface area contributed by atoms with Gasteiger partial charge in [-0.15, -0.1) is 0 Å². The number of benzene rings is 1. The van der Waals surface area contributed by atoms with Gasteiger partial charge in [0.15, 0.2) is 0 Å². The van der Waals surface area contributed by atoms with Crippen molar-refractivity contribution in [2.75, 3.05) is 18.9 Å². The molecule has 6 nitrogen and oxygen atoms in total. The molecule has 1 heterocycles. The summed E-state index contributed by atoms with van der Waals surface area (Å²) < 4.78 is 37.1. The number of methoxy groups -OCH3 is 2. The van der Waals surface area contributed by atoms with Gasteiger partial charge in [-0.3, -0.25) is 4.72 Å². The van der Waals surface area contributed by atoms with Crippen LogP contribution in [0.4, 0.5) is 5.82 Å². The Kier molecular flexibility index (Phi) is 4.09. The Balaban J connectivity index is 2.39. The van der Waals surface area contributed by atoms with Gasteiger partial charge in [-0.25, -0.2) is 13.4 Å². The lowest BCUT2D eigenvalue weighted by Gasteiger charge is -2.12. The van der Waals surface area contributed by atoms with Crippen LogP contribution >= 0.6 is 0 Å². The lowest BCUT2D eigenvalue weighted by Crippen LogP contribution is -2.14. The summed E-state index contributed by atoms with van der Waals surface area (Å²) in [4.78, 5) is 3.94. The SMILES string of the molecule is COc1ccc(S(=O)(=O)Nc2ccccn2)c(OC)c1. The monoisotopic (exact) mass is 294 g/mol. The quantitative estimate of drug-likeness (QED) is 0.911. The summed E-state index contributed by atoms with van der Waals surface area (Å²) in [5, 5.41) is 0. The third-order valence-corrected chi connectivity index (χ3v) is 3.96. The van der Waals surface area contributed by atoms with Gasteiger partial charge in [0.05, 0.1) is 14.2 Å². The maximum atomic E-state index is 12.3. The van der Waals surface area contributed by atoms with E-state index in [1.165, 1.54) is 32.5 Å². The Hall–Kier alpha value is -2.28. The van der Waals surface area contributed by atoms with Crippen molar-refractivity contribution in [2.45, 2.75) is 4.90 Å². The molecule has 0 atom stereocenters. The van der Waals surface area contributed by atoms with Crippen molar-refractivity contribution >= 4 is 15.8 Å². The van der Waals surface area contributed by atoms with Crippen LogP contribution in [0.2, 0.25) is 0 Å². The largest absolute Gasteiger partial charge is 0.497 e. The van der Waals surface area contributed by atoms with Crippen LogP contribution in [0.5, 0.6) is 11.5 Å². The molecule has 0 radical (unpaired) electrons. The number of sulfonamides is 1. The zero-order valence-corrected chi connectivity index (χ0v) is 11.8. The van der Waals surface area contributed by atoms with Crippen molar-refractivity contribution in [1.29, 1.82) is 0 Å². The third kappa shape index (κ3) is 3.00. The molecule has 1 aromatic heterocycles. The van der Waals surface area contributed by atoms with Crippen LogP contribution in [-0.4, -0.2) is 27.6 Å². The fourth-order valence-corrected chi connectivity index (χ4v) is 2.77. The van der Waals surface area contributed by atoms with Crippen LogP contribution in [0.15, 0.2) is 47.5 Å². The molecular formula is C13H14N2O4S. The smallest absolute Gasteiger partial charge is 0.266 e. The summed E-state index contributed by atoms with van der Waals surface area (Å²) in [5.74, 6) is 0.955. The molecule has 0 amide bonds. The molecule has 0 saturated heterocycles. The van der Waals surface area contributed by atoms with E-state index in [0.717, 1.165) is 0 Å². The van der Waals surface area contributed by atoms with Gasteiger partial charge >= 0.3 is 0 Å². The van der Waals surface area contributed by atoms with Gasteiger partial charge in [0.2, 0.25) is 0 Å². The van der Waals surface area contributed by atoms with Crippen LogP contribution in [-0.2, 0) is 10.0 Å². The van der Waals surface area contributed by atoms with Gasteiger partial charge in [0.25, 0.3) is 10.0 Å². The first kappa shape index (κ1) is 14.1. The van der Waals surface area contributed by atoms with Crippen molar-refractivity contribution in [2.24, 2.45) is 0 Å². The topological polar surface area (TPSA) is 77.5 Å². The lowest BCUT2D eigenvalue weighted by molar-refractivity contribution is 0.386. The van der Waals surface area contributed by atoms with E-state index in [-0.39, 0.29) is 16.5 Å². The van der Waals surface area contributed by atoms with E-state index < -0.39 is 10.0 Å². The molecule has 1 aromatic carbocycles. The lowest BCUT2D eigenvalue weighted by atomic mass is 10.3. The van der Waals surface area contributed by atoms with E-state index in [0.29, 0.717) is 5.75 Å². The number of ether oxygens (including phenoxy) is 2.